The van der Waals surface area contributed by atoms with Gasteiger partial charge in [-0.1, -0.05) is 12.1 Å². The molecular formula is C13H10F3N3S. The molecule has 1 aromatic heterocycles. The van der Waals surface area contributed by atoms with Gasteiger partial charge in [0.05, 0.1) is 16.9 Å². The van der Waals surface area contributed by atoms with Gasteiger partial charge in [-0.25, -0.2) is 15.0 Å². The predicted octanol–water partition coefficient (Wildman–Crippen LogP) is 3.94. The predicted molar refractivity (Wildman–Crippen MR) is 73.2 cm³/mol. The van der Waals surface area contributed by atoms with Crippen LogP contribution in [-0.2, 0) is 6.18 Å². The average Bonchev–Trinajstić information content (AvgIpc) is 2.45. The van der Waals surface area contributed by atoms with E-state index >= 15 is 0 Å². The number of thioether (sulfide) groups is 1. The minimum atomic E-state index is -4.44. The third-order valence-corrected chi connectivity index (χ3v) is 3.11. The maximum atomic E-state index is 12.9. The van der Waals surface area contributed by atoms with Crippen molar-refractivity contribution < 1.29 is 13.2 Å². The van der Waals surface area contributed by atoms with E-state index in [1.54, 1.807) is 12.3 Å². The van der Waals surface area contributed by atoms with Gasteiger partial charge in [-0.15, -0.1) is 11.8 Å². The lowest BCUT2D eigenvalue weighted by Gasteiger charge is -2.10. The largest absolute Gasteiger partial charge is 0.418 e. The number of hydrogen-bond donors (Lipinski definition) is 0. The fraction of sp³-hybridized carbons (Fsp3) is 0.154. The molecule has 2 rings (SSSR count). The first kappa shape index (κ1) is 14.5. The van der Waals surface area contributed by atoms with Crippen LogP contribution in [-0.4, -0.2) is 21.3 Å². The quantitative estimate of drug-likeness (QED) is 0.622. The van der Waals surface area contributed by atoms with Crippen LogP contribution in [0.4, 0.5) is 18.9 Å². The summed E-state index contributed by atoms with van der Waals surface area (Å²) in [6.07, 6.45) is 0.146. The van der Waals surface area contributed by atoms with E-state index in [4.69, 9.17) is 0 Å². The highest BCUT2D eigenvalue weighted by atomic mass is 32.2. The highest BCUT2D eigenvalue weighted by Gasteiger charge is 2.33. The van der Waals surface area contributed by atoms with E-state index in [1.165, 1.54) is 42.5 Å². The number of alkyl halides is 3. The topological polar surface area (TPSA) is 38.1 Å². The molecule has 0 amide bonds. The minimum absolute atomic E-state index is 0.122. The van der Waals surface area contributed by atoms with Gasteiger partial charge in [0.15, 0.2) is 0 Å². The van der Waals surface area contributed by atoms with Gasteiger partial charge in [-0.2, -0.15) is 13.2 Å². The fourth-order valence-corrected chi connectivity index (χ4v) is 2.06. The molecule has 0 spiro atoms. The van der Waals surface area contributed by atoms with Crippen molar-refractivity contribution in [1.82, 2.24) is 9.97 Å². The highest BCUT2D eigenvalue weighted by Crippen LogP contribution is 2.36. The van der Waals surface area contributed by atoms with Crippen molar-refractivity contribution in [2.45, 2.75) is 6.18 Å². The number of para-hydroxylation sites is 1. The van der Waals surface area contributed by atoms with E-state index in [1.807, 2.05) is 0 Å². The van der Waals surface area contributed by atoms with Crippen LogP contribution in [0.2, 0.25) is 0 Å². The van der Waals surface area contributed by atoms with Crippen LogP contribution in [0.25, 0.3) is 0 Å². The lowest BCUT2D eigenvalue weighted by atomic mass is 10.2. The zero-order valence-electron chi connectivity index (χ0n) is 10.4. The van der Waals surface area contributed by atoms with Crippen LogP contribution >= 0.6 is 11.8 Å². The zero-order chi connectivity index (χ0) is 14.6. The van der Waals surface area contributed by atoms with Gasteiger partial charge in [0.2, 0.25) is 0 Å². The number of aliphatic imine (C=N–C) groups is 1. The molecule has 1 heterocycles. The summed E-state index contributed by atoms with van der Waals surface area (Å²) >= 11 is 1.23. The summed E-state index contributed by atoms with van der Waals surface area (Å²) in [6, 6.07) is 6.81. The van der Waals surface area contributed by atoms with Crippen molar-refractivity contribution in [2.75, 3.05) is 6.26 Å². The van der Waals surface area contributed by atoms with E-state index in [0.717, 1.165) is 6.07 Å². The summed E-state index contributed by atoms with van der Waals surface area (Å²) in [7, 11) is 0. The van der Waals surface area contributed by atoms with Crippen molar-refractivity contribution in [1.29, 1.82) is 0 Å². The zero-order valence-corrected chi connectivity index (χ0v) is 11.2. The van der Waals surface area contributed by atoms with Crippen molar-refractivity contribution in [3.63, 3.8) is 0 Å². The number of hydrogen-bond acceptors (Lipinski definition) is 4. The Hall–Kier alpha value is -1.89. The Labute approximate surface area is 118 Å². The molecule has 0 saturated carbocycles. The van der Waals surface area contributed by atoms with Crippen molar-refractivity contribution >= 4 is 22.5 Å². The molecule has 0 aliphatic heterocycles. The van der Waals surface area contributed by atoms with Crippen LogP contribution in [0.1, 0.15) is 11.3 Å². The van der Waals surface area contributed by atoms with Crippen molar-refractivity contribution in [3.05, 3.63) is 54.1 Å². The van der Waals surface area contributed by atoms with E-state index in [2.05, 4.69) is 15.0 Å². The van der Waals surface area contributed by atoms with Gasteiger partial charge in [-0.3, -0.25) is 0 Å². The highest BCUT2D eigenvalue weighted by molar-refractivity contribution is 8.13. The average molecular weight is 297 g/mol. The summed E-state index contributed by atoms with van der Waals surface area (Å²) in [6.45, 7) is 0. The Kier molecular flexibility index (Phi) is 4.39. The molecule has 0 saturated heterocycles. The van der Waals surface area contributed by atoms with E-state index in [0.29, 0.717) is 10.7 Å². The molecule has 2 aromatic rings. The number of halogens is 3. The Bertz CT molecular complexity index is 612. The molecule has 104 valence electrons. The summed E-state index contributed by atoms with van der Waals surface area (Å²) in [4.78, 5) is 11.8. The first-order chi connectivity index (χ1) is 9.52. The normalized spacial score (nSPS) is 12.5. The number of aromatic nitrogens is 2. The fourth-order valence-electron chi connectivity index (χ4n) is 1.54. The van der Waals surface area contributed by atoms with E-state index in [9.17, 15) is 13.2 Å². The molecule has 7 heteroatoms. The standard InChI is InChI=1S/C13H10F3N3S/c1-20-12(11-6-7-17-8-18-11)19-10-5-3-2-4-9(10)13(14,15)16/h2-8H,1H3. The summed E-state index contributed by atoms with van der Waals surface area (Å²) in [5.41, 5.74) is -0.395. The van der Waals surface area contributed by atoms with Crippen molar-refractivity contribution in [2.24, 2.45) is 4.99 Å². The van der Waals surface area contributed by atoms with Crippen LogP contribution in [0, 0.1) is 0 Å². The first-order valence-corrected chi connectivity index (χ1v) is 6.80. The molecular weight excluding hydrogens is 287 g/mol. The second-order valence-corrected chi connectivity index (χ2v) is 4.53. The minimum Gasteiger partial charge on any atom is -0.245 e. The molecule has 0 N–H and O–H groups in total. The van der Waals surface area contributed by atoms with Crippen LogP contribution in [0.5, 0.6) is 0 Å². The van der Waals surface area contributed by atoms with Crippen molar-refractivity contribution in [3.8, 4) is 0 Å². The lowest BCUT2D eigenvalue weighted by molar-refractivity contribution is -0.137. The van der Waals surface area contributed by atoms with E-state index < -0.39 is 11.7 Å². The molecule has 0 radical (unpaired) electrons. The Morgan fingerprint density at radius 1 is 1.20 bits per heavy atom. The SMILES string of the molecule is CSC(=Nc1ccccc1C(F)(F)F)c1ccncn1. The van der Waals surface area contributed by atoms with Gasteiger partial charge < -0.3 is 0 Å². The Morgan fingerprint density at radius 2 is 1.95 bits per heavy atom. The Morgan fingerprint density at radius 3 is 2.55 bits per heavy atom. The first-order valence-electron chi connectivity index (χ1n) is 5.57. The smallest absolute Gasteiger partial charge is 0.245 e. The van der Waals surface area contributed by atoms with Crippen LogP contribution < -0.4 is 0 Å². The maximum absolute atomic E-state index is 12.9. The summed E-state index contributed by atoms with van der Waals surface area (Å²) in [5, 5.41) is 0.407. The summed E-state index contributed by atoms with van der Waals surface area (Å²) < 4.78 is 38.7. The molecule has 0 unspecified atom stereocenters. The molecule has 1 aromatic carbocycles. The third kappa shape index (κ3) is 3.36. The van der Waals surface area contributed by atoms with Crippen LogP contribution in [0.3, 0.4) is 0 Å². The third-order valence-electron chi connectivity index (χ3n) is 2.43. The van der Waals surface area contributed by atoms with Crippen LogP contribution in [0.15, 0.2) is 47.8 Å². The van der Waals surface area contributed by atoms with E-state index in [-0.39, 0.29) is 5.69 Å². The van der Waals surface area contributed by atoms with Gasteiger partial charge in [0, 0.05) is 6.20 Å². The van der Waals surface area contributed by atoms with Gasteiger partial charge in [0.25, 0.3) is 0 Å². The van der Waals surface area contributed by atoms with Gasteiger partial charge in [-0.05, 0) is 24.5 Å². The molecule has 0 atom stereocenters. The molecule has 0 fully saturated rings. The summed E-state index contributed by atoms with van der Waals surface area (Å²) in [5.74, 6) is 0. The molecule has 0 bridgehead atoms. The number of benzene rings is 1. The maximum Gasteiger partial charge on any atom is 0.418 e. The monoisotopic (exact) mass is 297 g/mol. The van der Waals surface area contributed by atoms with Gasteiger partial charge >= 0.3 is 6.18 Å². The molecule has 20 heavy (non-hydrogen) atoms. The Balaban J connectivity index is 2.49. The van der Waals surface area contributed by atoms with Gasteiger partial charge in [0.1, 0.15) is 11.4 Å². The number of nitrogens with zero attached hydrogens (tertiary/aromatic N) is 3. The second-order valence-electron chi connectivity index (χ2n) is 3.73. The second kappa shape index (κ2) is 6.04. The molecule has 0 aliphatic carbocycles. The molecule has 3 nitrogen and oxygen atoms in total. The lowest BCUT2D eigenvalue weighted by Crippen LogP contribution is -2.06. The molecule has 0 aliphatic rings. The number of rotatable bonds is 2.